The van der Waals surface area contributed by atoms with E-state index < -0.39 is 5.56 Å². The Kier molecular flexibility index (Phi) is 7.24. The minimum Gasteiger partial charge on any atom is -0.490 e. The van der Waals surface area contributed by atoms with Gasteiger partial charge in [-0.15, -0.1) is 0 Å². The minimum absolute atomic E-state index is 0.0610. The van der Waals surface area contributed by atoms with E-state index in [9.17, 15) is 4.79 Å². The average molecular weight is 463 g/mol. The van der Waals surface area contributed by atoms with Gasteiger partial charge in [0.15, 0.2) is 22.3 Å². The first kappa shape index (κ1) is 22.4. The van der Waals surface area contributed by atoms with Crippen LogP contribution in [0.5, 0.6) is 17.2 Å². The number of anilines is 1. The molecule has 33 heavy (non-hydrogen) atoms. The minimum atomic E-state index is -0.467. The van der Waals surface area contributed by atoms with E-state index in [0.717, 1.165) is 11.3 Å². The molecule has 0 fully saturated rings. The van der Waals surface area contributed by atoms with Crippen molar-refractivity contribution in [3.8, 4) is 22.9 Å². The lowest BCUT2D eigenvalue weighted by molar-refractivity contribution is 0.320. The summed E-state index contributed by atoms with van der Waals surface area (Å²) in [4.78, 5) is 12.7. The maximum atomic E-state index is 12.7. The van der Waals surface area contributed by atoms with Gasteiger partial charge in [-0.25, -0.2) is 5.43 Å². The van der Waals surface area contributed by atoms with Crippen LogP contribution < -0.4 is 25.9 Å². The third kappa shape index (κ3) is 5.52. The van der Waals surface area contributed by atoms with Gasteiger partial charge in [-0.05, 0) is 48.9 Å². The van der Waals surface area contributed by atoms with E-state index in [1.54, 1.807) is 18.2 Å². The van der Waals surface area contributed by atoms with Crippen LogP contribution in [0, 0.1) is 0 Å². The van der Waals surface area contributed by atoms with Gasteiger partial charge >= 0.3 is 0 Å². The molecule has 0 bridgehead atoms. The third-order valence-electron chi connectivity index (χ3n) is 4.71. The van der Waals surface area contributed by atoms with Crippen molar-refractivity contribution in [1.82, 2.24) is 15.2 Å². The van der Waals surface area contributed by atoms with E-state index >= 15 is 0 Å². The molecule has 0 atom stereocenters. The summed E-state index contributed by atoms with van der Waals surface area (Å²) < 4.78 is 12.9. The van der Waals surface area contributed by atoms with Crippen LogP contribution in [0.1, 0.15) is 12.5 Å². The molecule has 0 saturated heterocycles. The monoisotopic (exact) mass is 462 g/mol. The smallest absolute Gasteiger partial charge is 0.294 e. The number of ether oxygens (including phenoxy) is 2. The predicted molar refractivity (Wildman–Crippen MR) is 129 cm³/mol. The van der Waals surface area contributed by atoms with Gasteiger partial charge < -0.3 is 14.9 Å². The fourth-order valence-corrected chi connectivity index (χ4v) is 3.31. The van der Waals surface area contributed by atoms with Gasteiger partial charge in [0.1, 0.15) is 0 Å². The Hall–Kier alpha value is -3.81. The molecule has 0 saturated carbocycles. The number of para-hydroxylation sites is 2. The van der Waals surface area contributed by atoms with E-state index in [2.05, 4.69) is 16.0 Å². The quantitative estimate of drug-likeness (QED) is 0.333. The average Bonchev–Trinajstić information content (AvgIpc) is 2.85. The number of hydrogen-bond donors (Lipinski definition) is 2. The summed E-state index contributed by atoms with van der Waals surface area (Å²) in [6.45, 7) is 2.91. The van der Waals surface area contributed by atoms with Crippen LogP contribution in [0.15, 0.2) is 89.9 Å². The number of hydrazine groups is 1. The molecule has 0 unspecified atom stereocenters. The highest BCUT2D eigenvalue weighted by atomic mass is 35.5. The number of rotatable bonds is 9. The number of aromatic nitrogens is 2. The van der Waals surface area contributed by atoms with Gasteiger partial charge in [0.05, 0.1) is 18.5 Å². The van der Waals surface area contributed by atoms with Crippen LogP contribution in [0.4, 0.5) is 5.69 Å². The molecule has 0 aliphatic heterocycles. The molecule has 1 aromatic heterocycles. The molecule has 168 valence electrons. The van der Waals surface area contributed by atoms with E-state index in [1.807, 2.05) is 67.6 Å². The van der Waals surface area contributed by atoms with Crippen molar-refractivity contribution in [2.24, 2.45) is 0 Å². The number of benzene rings is 3. The van der Waals surface area contributed by atoms with Crippen molar-refractivity contribution >= 4 is 17.3 Å². The third-order valence-corrected chi connectivity index (χ3v) is 5.06. The first-order valence-corrected chi connectivity index (χ1v) is 10.8. The number of nitrogens with one attached hydrogen (secondary N) is 2. The molecule has 1 heterocycles. The van der Waals surface area contributed by atoms with E-state index in [4.69, 9.17) is 21.1 Å². The van der Waals surface area contributed by atoms with Crippen LogP contribution in [0.25, 0.3) is 5.69 Å². The standard InChI is InChI=1S/C25H23ClN4O3/c1-2-32-22-15-18(16-27-29-19-9-5-3-6-10-19)13-14-21(22)33-23-17-28-30(25(31)24(23)26)20-11-7-4-8-12-20/h3-15,17,27,29H,2,16H2,1H3. The van der Waals surface area contributed by atoms with Gasteiger partial charge in [0.25, 0.3) is 5.56 Å². The van der Waals surface area contributed by atoms with E-state index in [-0.39, 0.29) is 10.8 Å². The molecule has 3 aromatic carbocycles. The van der Waals surface area contributed by atoms with Gasteiger partial charge in [0.2, 0.25) is 0 Å². The topological polar surface area (TPSA) is 77.4 Å². The Balaban J connectivity index is 1.51. The van der Waals surface area contributed by atoms with Gasteiger partial charge in [-0.2, -0.15) is 9.78 Å². The fraction of sp³-hybridized carbons (Fsp3) is 0.120. The van der Waals surface area contributed by atoms with Crippen LogP contribution >= 0.6 is 11.6 Å². The molecule has 0 amide bonds. The lowest BCUT2D eigenvalue weighted by atomic mass is 10.2. The molecule has 0 radical (unpaired) electrons. The number of halogens is 1. The van der Waals surface area contributed by atoms with Crippen LogP contribution in [-0.4, -0.2) is 16.4 Å². The summed E-state index contributed by atoms with van der Waals surface area (Å²) in [5, 5.41) is 4.14. The molecule has 0 aliphatic carbocycles. The van der Waals surface area contributed by atoms with Crippen LogP contribution in [0.3, 0.4) is 0 Å². The highest BCUT2D eigenvalue weighted by Crippen LogP contribution is 2.34. The summed E-state index contributed by atoms with van der Waals surface area (Å²) in [5.41, 5.74) is 8.42. The molecular weight excluding hydrogens is 440 g/mol. The Labute approximate surface area is 196 Å². The second-order valence-electron chi connectivity index (χ2n) is 7.04. The Morgan fingerprint density at radius 1 is 0.939 bits per heavy atom. The maximum Gasteiger partial charge on any atom is 0.294 e. The molecule has 4 aromatic rings. The first-order chi connectivity index (χ1) is 16.2. The Morgan fingerprint density at radius 2 is 1.67 bits per heavy atom. The molecule has 7 nitrogen and oxygen atoms in total. The molecule has 4 rings (SSSR count). The first-order valence-electron chi connectivity index (χ1n) is 10.5. The molecular formula is C25H23ClN4O3. The van der Waals surface area contributed by atoms with Crippen molar-refractivity contribution in [2.45, 2.75) is 13.5 Å². The summed E-state index contributed by atoms with van der Waals surface area (Å²) in [6.07, 6.45) is 1.42. The zero-order valence-electron chi connectivity index (χ0n) is 18.0. The molecule has 0 aliphatic rings. The van der Waals surface area contributed by atoms with Crippen LogP contribution in [0.2, 0.25) is 5.02 Å². The largest absolute Gasteiger partial charge is 0.490 e. The lowest BCUT2D eigenvalue weighted by Crippen LogP contribution is -2.21. The highest BCUT2D eigenvalue weighted by molar-refractivity contribution is 6.31. The maximum absolute atomic E-state index is 12.7. The SMILES string of the molecule is CCOc1cc(CNNc2ccccc2)ccc1Oc1cnn(-c2ccccc2)c(=O)c1Cl. The second-order valence-corrected chi connectivity index (χ2v) is 7.41. The van der Waals surface area contributed by atoms with Crippen molar-refractivity contribution in [1.29, 1.82) is 0 Å². The normalized spacial score (nSPS) is 10.6. The Bertz CT molecular complexity index is 1260. The predicted octanol–water partition coefficient (Wildman–Crippen LogP) is 5.19. The zero-order valence-corrected chi connectivity index (χ0v) is 18.8. The van der Waals surface area contributed by atoms with Gasteiger partial charge in [-0.1, -0.05) is 54.1 Å². The summed E-state index contributed by atoms with van der Waals surface area (Å²) in [6, 6.07) is 24.4. The van der Waals surface area contributed by atoms with E-state index in [0.29, 0.717) is 30.3 Å². The van der Waals surface area contributed by atoms with Crippen molar-refractivity contribution < 1.29 is 9.47 Å². The summed E-state index contributed by atoms with van der Waals surface area (Å²) in [5.74, 6) is 1.14. The number of nitrogens with zero attached hydrogens (tertiary/aromatic N) is 2. The molecule has 0 spiro atoms. The fourth-order valence-electron chi connectivity index (χ4n) is 3.15. The Morgan fingerprint density at radius 3 is 2.39 bits per heavy atom. The summed E-state index contributed by atoms with van der Waals surface area (Å²) in [7, 11) is 0. The van der Waals surface area contributed by atoms with Gasteiger partial charge in [-0.3, -0.25) is 4.79 Å². The van der Waals surface area contributed by atoms with Gasteiger partial charge in [0, 0.05) is 12.2 Å². The molecule has 2 N–H and O–H groups in total. The van der Waals surface area contributed by atoms with Crippen molar-refractivity contribution in [3.05, 3.63) is 106 Å². The highest BCUT2D eigenvalue weighted by Gasteiger charge is 2.15. The van der Waals surface area contributed by atoms with Crippen molar-refractivity contribution in [2.75, 3.05) is 12.0 Å². The van der Waals surface area contributed by atoms with Crippen molar-refractivity contribution in [3.63, 3.8) is 0 Å². The lowest BCUT2D eigenvalue weighted by Gasteiger charge is -2.15. The number of hydrogen-bond acceptors (Lipinski definition) is 6. The van der Waals surface area contributed by atoms with E-state index in [1.165, 1.54) is 10.9 Å². The molecule has 8 heteroatoms. The second kappa shape index (κ2) is 10.7. The zero-order chi connectivity index (χ0) is 23.0. The summed E-state index contributed by atoms with van der Waals surface area (Å²) >= 11 is 6.33. The van der Waals surface area contributed by atoms with Crippen LogP contribution in [-0.2, 0) is 6.54 Å².